The molecule has 5 heteroatoms. The SMILES string of the molecule is CNC(c1ccc2c(c1)OCO2)C1(C(=O)O)CC1. The van der Waals surface area contributed by atoms with Crippen LogP contribution >= 0.6 is 0 Å². The van der Waals surface area contributed by atoms with Crippen molar-refractivity contribution in [2.75, 3.05) is 13.8 Å². The summed E-state index contributed by atoms with van der Waals surface area (Å²) in [7, 11) is 1.79. The minimum atomic E-state index is -0.737. The van der Waals surface area contributed by atoms with Gasteiger partial charge in [0.05, 0.1) is 5.41 Å². The molecule has 0 spiro atoms. The summed E-state index contributed by atoms with van der Waals surface area (Å²) in [5, 5.41) is 12.5. The number of aliphatic carboxylic acids is 1. The van der Waals surface area contributed by atoms with E-state index in [0.29, 0.717) is 24.3 Å². The van der Waals surface area contributed by atoms with Gasteiger partial charge in [0.25, 0.3) is 0 Å². The van der Waals surface area contributed by atoms with Crippen molar-refractivity contribution in [3.8, 4) is 11.5 Å². The van der Waals surface area contributed by atoms with Crippen molar-refractivity contribution in [2.24, 2.45) is 5.41 Å². The van der Waals surface area contributed by atoms with Crippen molar-refractivity contribution in [3.63, 3.8) is 0 Å². The highest BCUT2D eigenvalue weighted by Crippen LogP contribution is 2.55. The van der Waals surface area contributed by atoms with Crippen molar-refractivity contribution in [2.45, 2.75) is 18.9 Å². The van der Waals surface area contributed by atoms with Crippen LogP contribution in [0, 0.1) is 5.41 Å². The number of benzene rings is 1. The van der Waals surface area contributed by atoms with E-state index in [9.17, 15) is 9.90 Å². The third-order valence-corrected chi connectivity index (χ3v) is 3.79. The number of ether oxygens (including phenoxy) is 2. The standard InChI is InChI=1S/C13H15NO4/c1-14-11(13(4-5-13)12(15)16)8-2-3-9-10(6-8)18-7-17-9/h2-3,6,11,14H,4-5,7H2,1H3,(H,15,16). The number of carboxylic acids is 1. The molecule has 5 nitrogen and oxygen atoms in total. The van der Waals surface area contributed by atoms with E-state index in [1.165, 1.54) is 0 Å². The molecule has 1 fully saturated rings. The van der Waals surface area contributed by atoms with Gasteiger partial charge in [-0.2, -0.15) is 0 Å². The first-order valence-electron chi connectivity index (χ1n) is 5.97. The van der Waals surface area contributed by atoms with Gasteiger partial charge < -0.3 is 19.9 Å². The first kappa shape index (κ1) is 11.3. The summed E-state index contributed by atoms with van der Waals surface area (Å²) >= 11 is 0. The Bertz CT molecular complexity index is 496. The number of hydrogen-bond donors (Lipinski definition) is 2. The Kier molecular flexibility index (Phi) is 2.45. The molecule has 18 heavy (non-hydrogen) atoms. The lowest BCUT2D eigenvalue weighted by Gasteiger charge is -2.23. The van der Waals surface area contributed by atoms with Gasteiger partial charge in [-0.3, -0.25) is 4.79 Å². The Hall–Kier alpha value is -1.75. The molecule has 1 aliphatic heterocycles. The van der Waals surface area contributed by atoms with Crippen molar-refractivity contribution in [3.05, 3.63) is 23.8 Å². The maximum atomic E-state index is 11.4. The van der Waals surface area contributed by atoms with Crippen LogP contribution < -0.4 is 14.8 Å². The summed E-state index contributed by atoms with van der Waals surface area (Å²) in [4.78, 5) is 11.4. The lowest BCUT2D eigenvalue weighted by Crippen LogP contribution is -2.32. The maximum Gasteiger partial charge on any atom is 0.311 e. The van der Waals surface area contributed by atoms with Gasteiger partial charge in [-0.05, 0) is 37.6 Å². The van der Waals surface area contributed by atoms with E-state index in [0.717, 1.165) is 5.56 Å². The molecule has 0 amide bonds. The van der Waals surface area contributed by atoms with Gasteiger partial charge in [-0.15, -0.1) is 0 Å². The zero-order chi connectivity index (χ0) is 12.8. The third-order valence-electron chi connectivity index (χ3n) is 3.79. The molecular weight excluding hydrogens is 234 g/mol. The lowest BCUT2D eigenvalue weighted by molar-refractivity contribution is -0.144. The Labute approximate surface area is 105 Å². The number of hydrogen-bond acceptors (Lipinski definition) is 4. The fraction of sp³-hybridized carbons (Fsp3) is 0.462. The van der Waals surface area contributed by atoms with Gasteiger partial charge >= 0.3 is 5.97 Å². The highest BCUT2D eigenvalue weighted by molar-refractivity contribution is 5.79. The molecule has 1 heterocycles. The van der Waals surface area contributed by atoms with Crippen molar-refractivity contribution < 1.29 is 19.4 Å². The summed E-state index contributed by atoms with van der Waals surface area (Å²) in [6.45, 7) is 0.229. The quantitative estimate of drug-likeness (QED) is 0.847. The second-order valence-electron chi connectivity index (χ2n) is 4.80. The summed E-state index contributed by atoms with van der Waals surface area (Å²) < 4.78 is 10.6. The number of carbonyl (C=O) groups is 1. The zero-order valence-electron chi connectivity index (χ0n) is 10.1. The summed E-state index contributed by atoms with van der Waals surface area (Å²) in [6, 6.07) is 5.41. The Morgan fingerprint density at radius 2 is 2.11 bits per heavy atom. The molecular formula is C13H15NO4. The molecule has 1 aliphatic carbocycles. The summed E-state index contributed by atoms with van der Waals surface area (Å²) in [6.07, 6.45) is 1.42. The highest BCUT2D eigenvalue weighted by Gasteiger charge is 2.56. The summed E-state index contributed by atoms with van der Waals surface area (Å²) in [5.41, 5.74) is 0.268. The van der Waals surface area contributed by atoms with E-state index in [1.807, 2.05) is 18.2 Å². The molecule has 0 aromatic heterocycles. The van der Waals surface area contributed by atoms with E-state index in [4.69, 9.17) is 9.47 Å². The van der Waals surface area contributed by atoms with E-state index in [1.54, 1.807) is 7.05 Å². The van der Waals surface area contributed by atoms with Crippen LogP contribution in [-0.4, -0.2) is 24.9 Å². The van der Waals surface area contributed by atoms with Crippen LogP contribution in [0.1, 0.15) is 24.4 Å². The monoisotopic (exact) mass is 249 g/mol. The fourth-order valence-electron chi connectivity index (χ4n) is 2.62. The van der Waals surface area contributed by atoms with Crippen LogP contribution in [-0.2, 0) is 4.79 Å². The van der Waals surface area contributed by atoms with Crippen LogP contribution in [0.25, 0.3) is 0 Å². The summed E-state index contributed by atoms with van der Waals surface area (Å²) in [5.74, 6) is 0.669. The molecule has 1 aromatic carbocycles. The van der Waals surface area contributed by atoms with Gasteiger partial charge in [0.1, 0.15) is 0 Å². The first-order chi connectivity index (χ1) is 8.67. The topological polar surface area (TPSA) is 67.8 Å². The predicted octanol–water partition coefficient (Wildman–Crippen LogP) is 1.54. The van der Waals surface area contributed by atoms with E-state index in [-0.39, 0.29) is 12.8 Å². The Morgan fingerprint density at radius 3 is 2.72 bits per heavy atom. The molecule has 0 radical (unpaired) electrons. The molecule has 2 aliphatic rings. The predicted molar refractivity (Wildman–Crippen MR) is 63.7 cm³/mol. The van der Waals surface area contributed by atoms with Crippen molar-refractivity contribution in [1.29, 1.82) is 0 Å². The average Bonchev–Trinajstić information content (AvgIpc) is 3.02. The first-order valence-corrected chi connectivity index (χ1v) is 5.97. The number of nitrogens with one attached hydrogen (secondary N) is 1. The van der Waals surface area contributed by atoms with Crippen LogP contribution in [0.15, 0.2) is 18.2 Å². The molecule has 96 valence electrons. The van der Waals surface area contributed by atoms with Gasteiger partial charge in [0.2, 0.25) is 6.79 Å². The lowest BCUT2D eigenvalue weighted by atomic mass is 9.90. The second-order valence-corrected chi connectivity index (χ2v) is 4.80. The van der Waals surface area contributed by atoms with Gasteiger partial charge in [0.15, 0.2) is 11.5 Å². The highest BCUT2D eigenvalue weighted by atomic mass is 16.7. The molecule has 3 rings (SSSR count). The molecule has 0 bridgehead atoms. The minimum Gasteiger partial charge on any atom is -0.481 e. The Morgan fingerprint density at radius 1 is 1.39 bits per heavy atom. The van der Waals surface area contributed by atoms with E-state index in [2.05, 4.69) is 5.32 Å². The average molecular weight is 249 g/mol. The van der Waals surface area contributed by atoms with Gasteiger partial charge in [0, 0.05) is 6.04 Å². The molecule has 1 unspecified atom stereocenters. The molecule has 2 N–H and O–H groups in total. The second kappa shape index (κ2) is 3.88. The Balaban J connectivity index is 1.95. The van der Waals surface area contributed by atoms with Crippen LogP contribution in [0.2, 0.25) is 0 Å². The van der Waals surface area contributed by atoms with Crippen molar-refractivity contribution in [1.82, 2.24) is 5.32 Å². The molecule has 0 saturated heterocycles. The number of carboxylic acid groups (broad SMARTS) is 1. The molecule has 1 aromatic rings. The fourth-order valence-corrected chi connectivity index (χ4v) is 2.62. The van der Waals surface area contributed by atoms with Gasteiger partial charge in [-0.25, -0.2) is 0 Å². The van der Waals surface area contributed by atoms with Crippen LogP contribution in [0.5, 0.6) is 11.5 Å². The van der Waals surface area contributed by atoms with E-state index >= 15 is 0 Å². The van der Waals surface area contributed by atoms with Crippen LogP contribution in [0.4, 0.5) is 0 Å². The molecule has 1 atom stereocenters. The largest absolute Gasteiger partial charge is 0.481 e. The zero-order valence-corrected chi connectivity index (χ0v) is 10.1. The number of rotatable bonds is 4. The normalized spacial score (nSPS) is 20.5. The minimum absolute atomic E-state index is 0.190. The van der Waals surface area contributed by atoms with Crippen molar-refractivity contribution >= 4 is 5.97 Å². The third kappa shape index (κ3) is 1.54. The van der Waals surface area contributed by atoms with E-state index < -0.39 is 11.4 Å². The molecule has 1 saturated carbocycles. The smallest absolute Gasteiger partial charge is 0.311 e. The maximum absolute atomic E-state index is 11.4. The van der Waals surface area contributed by atoms with Gasteiger partial charge in [-0.1, -0.05) is 6.07 Å². The number of fused-ring (bicyclic) bond motifs is 1. The van der Waals surface area contributed by atoms with Crippen LogP contribution in [0.3, 0.4) is 0 Å².